The third-order valence-corrected chi connectivity index (χ3v) is 8.92. The first-order valence-electron chi connectivity index (χ1n) is 10.6. The van der Waals surface area contributed by atoms with Gasteiger partial charge in [-0.1, -0.05) is 30.7 Å². The van der Waals surface area contributed by atoms with E-state index in [1.807, 2.05) is 6.92 Å². The van der Waals surface area contributed by atoms with Crippen LogP contribution >= 0.6 is 0 Å². The van der Waals surface area contributed by atoms with Gasteiger partial charge in [-0.05, 0) is 86.9 Å². The van der Waals surface area contributed by atoms with Crippen molar-refractivity contribution in [3.05, 3.63) is 23.4 Å². The number of allylic oxidation sites excluding steroid dienone is 1. The van der Waals surface area contributed by atoms with Gasteiger partial charge in [0.1, 0.15) is 0 Å². The fraction of sp³-hybridized carbons (Fsp3) is 0.818. The summed E-state index contributed by atoms with van der Waals surface area (Å²) in [4.78, 5) is 4.60. The molecule has 1 aromatic rings. The Bertz CT molecular complexity index is 740. The average Bonchev–Trinajstić information content (AvgIpc) is 3.18. The van der Waals surface area contributed by atoms with Crippen molar-refractivity contribution < 1.29 is 9.63 Å². The molecule has 3 saturated carbocycles. The number of hydrogen-bond donors (Lipinski definition) is 1. The zero-order valence-corrected chi connectivity index (χ0v) is 16.4. The molecule has 5 rings (SSSR count). The zero-order chi connectivity index (χ0) is 18.1. The molecule has 4 aliphatic carbocycles. The molecule has 4 nitrogen and oxygen atoms in total. The van der Waals surface area contributed by atoms with Crippen molar-refractivity contribution in [2.24, 2.45) is 28.6 Å². The third kappa shape index (κ3) is 2.23. The second-order valence-corrected chi connectivity index (χ2v) is 10.0. The van der Waals surface area contributed by atoms with Gasteiger partial charge >= 0.3 is 0 Å². The van der Waals surface area contributed by atoms with Crippen molar-refractivity contribution in [2.45, 2.75) is 84.2 Å². The molecule has 3 fully saturated rings. The Morgan fingerprint density at radius 2 is 1.96 bits per heavy atom. The highest BCUT2D eigenvalue weighted by Crippen LogP contribution is 2.67. The Kier molecular flexibility index (Phi) is 3.70. The highest BCUT2D eigenvalue weighted by atomic mass is 16.5. The monoisotopic (exact) mass is 356 g/mol. The molecule has 0 aliphatic heterocycles. The van der Waals surface area contributed by atoms with Crippen molar-refractivity contribution in [1.29, 1.82) is 0 Å². The Balaban J connectivity index is 1.46. The fourth-order valence-corrected chi connectivity index (χ4v) is 7.50. The van der Waals surface area contributed by atoms with Crippen molar-refractivity contribution in [3.8, 4) is 0 Å². The van der Waals surface area contributed by atoms with E-state index in [1.54, 1.807) is 5.57 Å². The van der Waals surface area contributed by atoms with Gasteiger partial charge in [-0.25, -0.2) is 0 Å². The molecule has 1 aromatic heterocycles. The second-order valence-electron chi connectivity index (χ2n) is 10.0. The second kappa shape index (κ2) is 5.67. The van der Waals surface area contributed by atoms with Crippen molar-refractivity contribution >= 4 is 0 Å². The molecule has 1 heterocycles. The minimum atomic E-state index is -0.114. The largest absolute Gasteiger partial charge is 0.393 e. The highest BCUT2D eigenvalue weighted by molar-refractivity contribution is 5.26. The maximum atomic E-state index is 10.1. The Morgan fingerprint density at radius 3 is 2.73 bits per heavy atom. The molecule has 0 amide bonds. The number of rotatable bonds is 1. The van der Waals surface area contributed by atoms with Crippen LogP contribution in [0.15, 0.2) is 16.2 Å². The summed E-state index contributed by atoms with van der Waals surface area (Å²) in [6.07, 6.45) is 11.7. The van der Waals surface area contributed by atoms with Crippen molar-refractivity contribution in [1.82, 2.24) is 10.1 Å². The maximum Gasteiger partial charge on any atom is 0.230 e. The molecule has 4 aliphatic rings. The summed E-state index contributed by atoms with van der Waals surface area (Å²) in [7, 11) is 0. The smallest absolute Gasteiger partial charge is 0.230 e. The lowest BCUT2D eigenvalue weighted by atomic mass is 9.47. The van der Waals surface area contributed by atoms with Gasteiger partial charge in [0.05, 0.1) is 6.10 Å². The summed E-state index contributed by atoms with van der Waals surface area (Å²) < 4.78 is 5.62. The van der Waals surface area contributed by atoms with Crippen LogP contribution < -0.4 is 0 Å². The normalized spacial score (nSPS) is 47.7. The molecular formula is C22H32N2O2. The highest BCUT2D eigenvalue weighted by Gasteiger charge is 2.59. The first-order valence-corrected chi connectivity index (χ1v) is 10.6. The Hall–Kier alpha value is -1.16. The van der Waals surface area contributed by atoms with E-state index in [4.69, 9.17) is 4.52 Å². The molecule has 0 aromatic carbocycles. The first kappa shape index (κ1) is 17.0. The summed E-state index contributed by atoms with van der Waals surface area (Å²) in [5, 5.41) is 14.2. The van der Waals surface area contributed by atoms with Crippen LogP contribution in [0, 0.1) is 35.5 Å². The van der Waals surface area contributed by atoms with Crippen molar-refractivity contribution in [2.75, 3.05) is 0 Å². The van der Waals surface area contributed by atoms with Gasteiger partial charge in [-0.2, -0.15) is 4.98 Å². The number of hydrogen-bond acceptors (Lipinski definition) is 4. The van der Waals surface area contributed by atoms with Crippen LogP contribution in [0.3, 0.4) is 0 Å². The van der Waals surface area contributed by atoms with Gasteiger partial charge in [-0.15, -0.1) is 0 Å². The lowest BCUT2D eigenvalue weighted by molar-refractivity contribution is -0.0432. The molecule has 0 bridgehead atoms. The molecular weight excluding hydrogens is 324 g/mol. The van der Waals surface area contributed by atoms with Gasteiger partial charge in [0.2, 0.25) is 5.89 Å². The van der Waals surface area contributed by atoms with Gasteiger partial charge in [0.15, 0.2) is 5.82 Å². The van der Waals surface area contributed by atoms with E-state index < -0.39 is 0 Å². The molecule has 142 valence electrons. The molecule has 0 saturated heterocycles. The lowest BCUT2D eigenvalue weighted by Crippen LogP contribution is -2.50. The maximum absolute atomic E-state index is 10.1. The predicted octanol–water partition coefficient (Wildman–Crippen LogP) is 4.79. The van der Waals surface area contributed by atoms with E-state index in [9.17, 15) is 5.11 Å². The Labute approximate surface area is 156 Å². The molecule has 0 radical (unpaired) electrons. The van der Waals surface area contributed by atoms with E-state index >= 15 is 0 Å². The van der Waals surface area contributed by atoms with E-state index in [-0.39, 0.29) is 6.10 Å². The zero-order valence-electron chi connectivity index (χ0n) is 16.4. The molecule has 0 unspecified atom stereocenters. The fourth-order valence-electron chi connectivity index (χ4n) is 7.50. The number of aromatic nitrogens is 2. The summed E-state index contributed by atoms with van der Waals surface area (Å²) in [6.45, 7) is 6.92. The van der Waals surface area contributed by atoms with E-state index in [2.05, 4.69) is 30.1 Å². The molecule has 0 spiro atoms. The number of aliphatic hydroxyl groups is 1. The number of aryl methyl sites for hydroxylation is 1. The summed E-state index contributed by atoms with van der Waals surface area (Å²) in [5.41, 5.74) is 2.18. The quantitative estimate of drug-likeness (QED) is 0.735. The van der Waals surface area contributed by atoms with Crippen LogP contribution in [0.4, 0.5) is 0 Å². The first-order chi connectivity index (χ1) is 12.4. The summed E-state index contributed by atoms with van der Waals surface area (Å²) >= 11 is 0. The van der Waals surface area contributed by atoms with Crippen LogP contribution in [-0.2, 0) is 0 Å². The SMILES string of the molecule is Cc1noc([C@H]2CC[C@H]3[C@@H]4CC=C5C[C@@H](O)CC[C@]5(C)[C@H]4CC[C@]23C)n1. The summed E-state index contributed by atoms with van der Waals surface area (Å²) in [6, 6.07) is 0. The number of nitrogens with zero attached hydrogens (tertiary/aromatic N) is 2. The molecule has 26 heavy (non-hydrogen) atoms. The summed E-state index contributed by atoms with van der Waals surface area (Å²) in [5.74, 6) is 4.41. The van der Waals surface area contributed by atoms with E-state index in [0.29, 0.717) is 16.7 Å². The standard InChI is InChI=1S/C22H32N2O2/c1-13-23-20(26-24-13)19-7-6-17-16-5-4-14-12-15(25)8-10-21(14,2)18(16)9-11-22(17,19)3/h4,15-19,25H,5-12H2,1-3H3/t15-,16-,17-,18-,19+,21-,22-/m0/s1. The van der Waals surface area contributed by atoms with Gasteiger partial charge in [0.25, 0.3) is 0 Å². The minimum Gasteiger partial charge on any atom is -0.393 e. The van der Waals surface area contributed by atoms with Crippen LogP contribution in [0.2, 0.25) is 0 Å². The van der Waals surface area contributed by atoms with Gasteiger partial charge in [-0.3, -0.25) is 0 Å². The molecule has 7 atom stereocenters. The average molecular weight is 357 g/mol. The van der Waals surface area contributed by atoms with E-state index in [0.717, 1.165) is 48.7 Å². The Morgan fingerprint density at radius 1 is 1.12 bits per heavy atom. The molecule has 4 heteroatoms. The van der Waals surface area contributed by atoms with Gasteiger partial charge in [0, 0.05) is 5.92 Å². The predicted molar refractivity (Wildman–Crippen MR) is 99.5 cm³/mol. The minimum absolute atomic E-state index is 0.114. The van der Waals surface area contributed by atoms with Crippen LogP contribution in [0.25, 0.3) is 0 Å². The van der Waals surface area contributed by atoms with Crippen LogP contribution in [-0.4, -0.2) is 21.4 Å². The number of aliphatic hydroxyl groups excluding tert-OH is 1. The molecule has 1 N–H and O–H groups in total. The van der Waals surface area contributed by atoms with Gasteiger partial charge < -0.3 is 9.63 Å². The van der Waals surface area contributed by atoms with Crippen LogP contribution in [0.5, 0.6) is 0 Å². The third-order valence-electron chi connectivity index (χ3n) is 8.92. The van der Waals surface area contributed by atoms with E-state index in [1.165, 1.54) is 32.1 Å². The topological polar surface area (TPSA) is 59.2 Å². The number of fused-ring (bicyclic) bond motifs is 5. The van der Waals surface area contributed by atoms with Crippen LogP contribution in [0.1, 0.15) is 82.8 Å². The lowest BCUT2D eigenvalue weighted by Gasteiger charge is -2.57. The van der Waals surface area contributed by atoms with Crippen molar-refractivity contribution in [3.63, 3.8) is 0 Å².